The SMILES string of the molecule is Cc1c(Oc2ccn3ncnc3c2)ccc(Nc2ncnc3ccc(OC4CC5CCC(C4)N5C(=O)OC(C)(C)C)cc23)c1F. The first kappa shape index (κ1) is 28.8. The maximum Gasteiger partial charge on any atom is 0.410 e. The van der Waals surface area contributed by atoms with Crippen LogP contribution in [-0.2, 0) is 4.74 Å². The summed E-state index contributed by atoms with van der Waals surface area (Å²) >= 11 is 0. The van der Waals surface area contributed by atoms with Gasteiger partial charge in [0.2, 0.25) is 0 Å². The number of nitrogens with one attached hydrogen (secondary N) is 1. The van der Waals surface area contributed by atoms with Crippen LogP contribution in [0.25, 0.3) is 16.6 Å². The van der Waals surface area contributed by atoms with E-state index in [4.69, 9.17) is 14.2 Å². The van der Waals surface area contributed by atoms with E-state index in [2.05, 4.69) is 25.4 Å². The smallest absolute Gasteiger partial charge is 0.410 e. The maximum atomic E-state index is 15.6. The number of ether oxygens (including phenoxy) is 3. The van der Waals surface area contributed by atoms with Gasteiger partial charge in [-0.2, -0.15) is 5.10 Å². The molecule has 0 radical (unpaired) electrons. The zero-order valence-corrected chi connectivity index (χ0v) is 25.5. The third-order valence-electron chi connectivity index (χ3n) is 8.27. The van der Waals surface area contributed by atoms with Crippen molar-refractivity contribution in [2.45, 2.75) is 77.2 Å². The van der Waals surface area contributed by atoms with Gasteiger partial charge < -0.3 is 24.4 Å². The summed E-state index contributed by atoms with van der Waals surface area (Å²) in [5, 5.41) is 7.92. The second kappa shape index (κ2) is 11.2. The van der Waals surface area contributed by atoms with Gasteiger partial charge in [0, 0.05) is 48.1 Å². The third kappa shape index (κ3) is 5.79. The van der Waals surface area contributed by atoms with Gasteiger partial charge >= 0.3 is 6.09 Å². The largest absolute Gasteiger partial charge is 0.490 e. The molecule has 3 aromatic heterocycles. The minimum atomic E-state index is -0.533. The van der Waals surface area contributed by atoms with Crippen molar-refractivity contribution in [1.82, 2.24) is 29.5 Å². The highest BCUT2D eigenvalue weighted by Gasteiger charge is 2.45. The van der Waals surface area contributed by atoms with Crippen molar-refractivity contribution in [3.05, 3.63) is 72.7 Å². The lowest BCUT2D eigenvalue weighted by atomic mass is 10.00. The number of carbonyl (C=O) groups excluding carboxylic acids is 1. The van der Waals surface area contributed by atoms with Crippen LogP contribution in [-0.4, -0.2) is 59.3 Å². The van der Waals surface area contributed by atoms with Gasteiger partial charge in [0.1, 0.15) is 47.4 Å². The zero-order valence-electron chi connectivity index (χ0n) is 25.5. The normalized spacial score (nSPS) is 19.6. The van der Waals surface area contributed by atoms with Crippen LogP contribution >= 0.6 is 0 Å². The highest BCUT2D eigenvalue weighted by atomic mass is 19.1. The van der Waals surface area contributed by atoms with Crippen LogP contribution in [0, 0.1) is 12.7 Å². The van der Waals surface area contributed by atoms with Gasteiger partial charge in [-0.25, -0.2) is 28.7 Å². The lowest BCUT2D eigenvalue weighted by Crippen LogP contribution is -2.50. The Kier molecular flexibility index (Phi) is 7.14. The maximum absolute atomic E-state index is 15.6. The van der Waals surface area contributed by atoms with Gasteiger partial charge in [-0.3, -0.25) is 0 Å². The van der Waals surface area contributed by atoms with E-state index in [0.717, 1.165) is 25.7 Å². The number of aromatic nitrogens is 5. The Morgan fingerprint density at radius 2 is 1.78 bits per heavy atom. The molecule has 12 heteroatoms. The summed E-state index contributed by atoms with van der Waals surface area (Å²) in [4.78, 5) is 27.7. The topological polar surface area (TPSA) is 116 Å². The van der Waals surface area contributed by atoms with Gasteiger partial charge in [0.25, 0.3) is 0 Å². The van der Waals surface area contributed by atoms with E-state index in [1.54, 1.807) is 41.9 Å². The van der Waals surface area contributed by atoms with Crippen LogP contribution in [0.4, 0.5) is 20.7 Å². The molecule has 1 amide bonds. The number of halogens is 1. The number of carbonyl (C=O) groups is 1. The van der Waals surface area contributed by atoms with Crippen LogP contribution in [0.3, 0.4) is 0 Å². The van der Waals surface area contributed by atoms with E-state index in [-0.39, 0.29) is 30.0 Å². The molecule has 2 aliphatic rings. The van der Waals surface area contributed by atoms with E-state index < -0.39 is 11.4 Å². The molecule has 0 aliphatic carbocycles. The lowest BCUT2D eigenvalue weighted by Gasteiger charge is -2.39. The summed E-state index contributed by atoms with van der Waals surface area (Å²) in [6, 6.07) is 12.6. The van der Waals surface area contributed by atoms with E-state index in [1.165, 1.54) is 12.7 Å². The molecule has 0 saturated carbocycles. The Hall–Kier alpha value is -5.00. The van der Waals surface area contributed by atoms with Crippen molar-refractivity contribution in [2.75, 3.05) is 5.32 Å². The Balaban J connectivity index is 1.07. The molecule has 2 bridgehead atoms. The van der Waals surface area contributed by atoms with Gasteiger partial charge in [-0.1, -0.05) is 0 Å². The molecule has 2 atom stereocenters. The van der Waals surface area contributed by atoms with Crippen LogP contribution in [0.1, 0.15) is 52.0 Å². The van der Waals surface area contributed by atoms with Crippen molar-refractivity contribution in [3.63, 3.8) is 0 Å². The number of anilines is 2. The Labute approximate surface area is 259 Å². The standard InChI is InChI=1S/C33H34FN7O4/c1-19-28(44-23-11-12-40-29(16-23)36-18-38-40)10-9-27(30(19)34)39-31-25-15-22(7-8-26(25)35-17-37-31)43-24-13-20-5-6-21(14-24)41(20)32(42)45-33(2,3)4/h7-12,15-18,20-21,24H,5-6,13-14H2,1-4H3,(H,35,37,39). The number of hydrogen-bond acceptors (Lipinski definition) is 9. The predicted molar refractivity (Wildman–Crippen MR) is 166 cm³/mol. The molecule has 5 aromatic rings. The summed E-state index contributed by atoms with van der Waals surface area (Å²) in [5.41, 5.74) is 1.39. The van der Waals surface area contributed by atoms with Crippen molar-refractivity contribution in [3.8, 4) is 17.2 Å². The van der Waals surface area contributed by atoms with Crippen LogP contribution < -0.4 is 14.8 Å². The van der Waals surface area contributed by atoms with E-state index in [1.807, 2.05) is 43.9 Å². The number of rotatable bonds is 6. The number of amides is 1. The molecule has 45 heavy (non-hydrogen) atoms. The molecule has 2 fully saturated rings. The summed E-state index contributed by atoms with van der Waals surface area (Å²) < 4.78 is 35.3. The summed E-state index contributed by atoms with van der Waals surface area (Å²) in [6.45, 7) is 7.32. The summed E-state index contributed by atoms with van der Waals surface area (Å²) in [6.07, 6.45) is 7.68. The molecular formula is C33H34FN7O4. The number of benzene rings is 2. The average Bonchev–Trinajstić information content (AvgIpc) is 3.57. The summed E-state index contributed by atoms with van der Waals surface area (Å²) in [5.74, 6) is 1.57. The minimum absolute atomic E-state index is 0.0437. The molecule has 0 spiro atoms. The molecule has 5 heterocycles. The van der Waals surface area contributed by atoms with Gasteiger partial charge in [-0.15, -0.1) is 0 Å². The van der Waals surface area contributed by atoms with Crippen molar-refractivity contribution < 1.29 is 23.4 Å². The molecule has 2 unspecified atom stereocenters. The van der Waals surface area contributed by atoms with Gasteiger partial charge in [-0.05, 0) is 76.9 Å². The fraction of sp³-hybridized carbons (Fsp3) is 0.364. The molecule has 232 valence electrons. The Morgan fingerprint density at radius 3 is 2.56 bits per heavy atom. The molecule has 1 N–H and O–H groups in total. The number of piperidine rings is 1. The Morgan fingerprint density at radius 1 is 0.978 bits per heavy atom. The molecule has 2 saturated heterocycles. The second-order valence-electron chi connectivity index (χ2n) is 12.6. The minimum Gasteiger partial charge on any atom is -0.490 e. The average molecular weight is 612 g/mol. The zero-order chi connectivity index (χ0) is 31.3. The highest BCUT2D eigenvalue weighted by Crippen LogP contribution is 2.39. The van der Waals surface area contributed by atoms with Crippen molar-refractivity contribution in [2.24, 2.45) is 0 Å². The first-order chi connectivity index (χ1) is 21.6. The number of fused-ring (bicyclic) bond motifs is 4. The van der Waals surface area contributed by atoms with E-state index in [0.29, 0.717) is 45.2 Å². The van der Waals surface area contributed by atoms with E-state index in [9.17, 15) is 4.79 Å². The van der Waals surface area contributed by atoms with Crippen molar-refractivity contribution in [1.29, 1.82) is 0 Å². The van der Waals surface area contributed by atoms with Crippen molar-refractivity contribution >= 4 is 34.1 Å². The molecule has 7 rings (SSSR count). The first-order valence-corrected chi connectivity index (χ1v) is 15.1. The van der Waals surface area contributed by atoms with Crippen LogP contribution in [0.2, 0.25) is 0 Å². The molecular weight excluding hydrogens is 577 g/mol. The molecule has 11 nitrogen and oxygen atoms in total. The van der Waals surface area contributed by atoms with E-state index >= 15 is 4.39 Å². The monoisotopic (exact) mass is 611 g/mol. The molecule has 2 aromatic carbocycles. The first-order valence-electron chi connectivity index (χ1n) is 15.1. The summed E-state index contributed by atoms with van der Waals surface area (Å²) in [7, 11) is 0. The van der Waals surface area contributed by atoms with Crippen LogP contribution in [0.5, 0.6) is 17.2 Å². The van der Waals surface area contributed by atoms with Gasteiger partial charge in [0.15, 0.2) is 11.5 Å². The molecule has 2 aliphatic heterocycles. The quantitative estimate of drug-likeness (QED) is 0.217. The van der Waals surface area contributed by atoms with Crippen LogP contribution in [0.15, 0.2) is 61.3 Å². The third-order valence-corrected chi connectivity index (χ3v) is 8.27. The fourth-order valence-corrected chi connectivity index (χ4v) is 6.23. The second-order valence-corrected chi connectivity index (χ2v) is 12.6. The van der Waals surface area contributed by atoms with Gasteiger partial charge in [0.05, 0.1) is 11.2 Å². The highest BCUT2D eigenvalue weighted by molar-refractivity contribution is 5.91. The Bertz CT molecular complexity index is 1890. The number of pyridine rings is 1. The predicted octanol–water partition coefficient (Wildman–Crippen LogP) is 6.97. The number of nitrogens with zero attached hydrogens (tertiary/aromatic N) is 6. The number of hydrogen-bond donors (Lipinski definition) is 1. The lowest BCUT2D eigenvalue weighted by molar-refractivity contribution is -0.00706. The fourth-order valence-electron chi connectivity index (χ4n) is 6.23.